The average Bonchev–Trinajstić information content (AvgIpc) is 2.69. The molecule has 0 aromatic heterocycles. The van der Waals surface area contributed by atoms with Crippen LogP contribution in [0.1, 0.15) is 99.3 Å². The van der Waals surface area contributed by atoms with E-state index in [0.717, 1.165) is 24.8 Å². The molecule has 0 saturated carbocycles. The van der Waals surface area contributed by atoms with E-state index in [2.05, 4.69) is 58.9 Å². The van der Waals surface area contributed by atoms with Gasteiger partial charge in [0, 0.05) is 0 Å². The summed E-state index contributed by atoms with van der Waals surface area (Å²) in [5.41, 5.74) is 7.40. The Morgan fingerprint density at radius 2 is 1.52 bits per heavy atom. The van der Waals surface area contributed by atoms with Crippen LogP contribution in [0.15, 0.2) is 42.5 Å². The number of carbonyl (C=O) groups is 1. The Bertz CT molecular complexity index is 914. The fourth-order valence-corrected chi connectivity index (χ4v) is 4.38. The van der Waals surface area contributed by atoms with E-state index < -0.39 is 5.97 Å². The van der Waals surface area contributed by atoms with Crippen molar-refractivity contribution in [2.24, 2.45) is 0 Å². The molecular weight excluding hydrogens is 356 g/mol. The van der Waals surface area contributed by atoms with E-state index in [1.165, 1.54) is 35.1 Å². The number of carboxylic acids is 1. The molecule has 1 N–H and O–H groups in total. The van der Waals surface area contributed by atoms with Gasteiger partial charge in [-0.3, -0.25) is 0 Å². The molecule has 0 bridgehead atoms. The van der Waals surface area contributed by atoms with Gasteiger partial charge in [0.2, 0.25) is 0 Å². The number of fused-ring (bicyclic) bond motifs is 1. The summed E-state index contributed by atoms with van der Waals surface area (Å²) < 4.78 is 0. The average molecular weight is 391 g/mol. The van der Waals surface area contributed by atoms with Crippen molar-refractivity contribution in [1.82, 2.24) is 0 Å². The van der Waals surface area contributed by atoms with Crippen LogP contribution in [0.5, 0.6) is 0 Å². The monoisotopic (exact) mass is 390 g/mol. The van der Waals surface area contributed by atoms with Crippen molar-refractivity contribution in [2.75, 3.05) is 0 Å². The normalized spacial score (nSPS) is 17.6. The minimum absolute atomic E-state index is 0.194. The van der Waals surface area contributed by atoms with Gasteiger partial charge in [-0.2, -0.15) is 0 Å². The quantitative estimate of drug-likeness (QED) is 0.520. The molecule has 2 aromatic rings. The zero-order valence-electron chi connectivity index (χ0n) is 18.5. The molecule has 0 heterocycles. The summed E-state index contributed by atoms with van der Waals surface area (Å²) in [7, 11) is 0. The van der Waals surface area contributed by atoms with E-state index in [1.54, 1.807) is 12.1 Å². The Balaban J connectivity index is 2.04. The number of hydrogen-bond donors (Lipinski definition) is 1. The summed E-state index contributed by atoms with van der Waals surface area (Å²) in [6.45, 7) is 11.7. The number of aromatic carboxylic acids is 1. The van der Waals surface area contributed by atoms with Crippen molar-refractivity contribution in [3.05, 3.63) is 70.3 Å². The van der Waals surface area contributed by atoms with Gasteiger partial charge in [-0.05, 0) is 76.5 Å². The van der Waals surface area contributed by atoms with Gasteiger partial charge in [0.1, 0.15) is 0 Å². The molecule has 0 amide bonds. The highest BCUT2D eigenvalue weighted by Gasteiger charge is 2.37. The van der Waals surface area contributed by atoms with E-state index in [9.17, 15) is 4.79 Å². The van der Waals surface area contributed by atoms with Crippen molar-refractivity contribution in [2.45, 2.75) is 77.6 Å². The number of unbranched alkanes of at least 4 members (excludes halogenated alkanes) is 1. The summed E-state index contributed by atoms with van der Waals surface area (Å²) >= 11 is 0. The van der Waals surface area contributed by atoms with Crippen LogP contribution in [-0.2, 0) is 10.8 Å². The molecule has 2 nitrogen and oxygen atoms in total. The minimum Gasteiger partial charge on any atom is -0.478 e. The predicted molar refractivity (Wildman–Crippen MR) is 123 cm³/mol. The zero-order valence-corrected chi connectivity index (χ0v) is 18.5. The Morgan fingerprint density at radius 3 is 2.10 bits per heavy atom. The van der Waals surface area contributed by atoms with Gasteiger partial charge >= 0.3 is 5.97 Å². The molecule has 154 valence electrons. The van der Waals surface area contributed by atoms with Gasteiger partial charge in [-0.15, -0.1) is 0 Å². The summed E-state index contributed by atoms with van der Waals surface area (Å²) in [6, 6.07) is 14.2. The first-order chi connectivity index (χ1) is 13.6. The maximum absolute atomic E-state index is 11.1. The molecule has 0 atom stereocenters. The lowest BCUT2D eigenvalue weighted by molar-refractivity contribution is 0.0697. The van der Waals surface area contributed by atoms with Gasteiger partial charge < -0.3 is 5.11 Å². The number of rotatable bonds is 6. The van der Waals surface area contributed by atoms with Gasteiger partial charge in [0.25, 0.3) is 0 Å². The fourth-order valence-electron chi connectivity index (χ4n) is 4.38. The van der Waals surface area contributed by atoms with Crippen LogP contribution in [-0.4, -0.2) is 11.1 Å². The highest BCUT2D eigenvalue weighted by molar-refractivity contribution is 5.88. The van der Waals surface area contributed by atoms with Gasteiger partial charge in [0.15, 0.2) is 0 Å². The lowest BCUT2D eigenvalue weighted by Gasteiger charge is -2.42. The van der Waals surface area contributed by atoms with E-state index in [4.69, 9.17) is 5.11 Å². The van der Waals surface area contributed by atoms with Crippen LogP contribution in [0.25, 0.3) is 11.6 Å². The SMILES string of the molecule is CCCC/C(=C\c1ccc(C(=O)O)cc1)c1ccc2c(c1)C(C)(C)CCC2(C)C. The lowest BCUT2D eigenvalue weighted by atomic mass is 9.63. The second-order valence-corrected chi connectivity index (χ2v) is 9.73. The Labute approximate surface area is 175 Å². The Morgan fingerprint density at radius 1 is 0.931 bits per heavy atom. The molecule has 2 aromatic carbocycles. The molecule has 3 rings (SSSR count). The number of allylic oxidation sites excluding steroid dienone is 1. The second kappa shape index (κ2) is 8.18. The van der Waals surface area contributed by atoms with Crippen molar-refractivity contribution in [3.8, 4) is 0 Å². The number of hydrogen-bond acceptors (Lipinski definition) is 1. The van der Waals surface area contributed by atoms with E-state index >= 15 is 0 Å². The summed E-state index contributed by atoms with van der Waals surface area (Å²) in [5, 5.41) is 9.14. The second-order valence-electron chi connectivity index (χ2n) is 9.73. The van der Waals surface area contributed by atoms with Gasteiger partial charge in [-0.1, -0.05) is 77.4 Å². The fraction of sp³-hybridized carbons (Fsp3) is 0.444. The van der Waals surface area contributed by atoms with Crippen LogP contribution < -0.4 is 0 Å². The summed E-state index contributed by atoms with van der Waals surface area (Å²) in [6.07, 6.45) is 7.98. The maximum atomic E-state index is 11.1. The first kappa shape index (κ1) is 21.4. The molecule has 0 radical (unpaired) electrons. The number of carboxylic acid groups (broad SMARTS) is 1. The molecule has 0 aliphatic heterocycles. The molecule has 0 unspecified atom stereocenters. The molecule has 0 spiro atoms. The minimum atomic E-state index is -0.883. The molecule has 29 heavy (non-hydrogen) atoms. The maximum Gasteiger partial charge on any atom is 0.335 e. The summed E-state index contributed by atoms with van der Waals surface area (Å²) in [4.78, 5) is 11.1. The number of benzene rings is 2. The molecule has 1 aliphatic carbocycles. The molecular formula is C27H34O2. The third-order valence-corrected chi connectivity index (χ3v) is 6.52. The van der Waals surface area contributed by atoms with Crippen LogP contribution in [0.2, 0.25) is 0 Å². The van der Waals surface area contributed by atoms with Crippen molar-refractivity contribution < 1.29 is 9.90 Å². The smallest absolute Gasteiger partial charge is 0.335 e. The van der Waals surface area contributed by atoms with E-state index in [-0.39, 0.29) is 10.8 Å². The van der Waals surface area contributed by atoms with Crippen LogP contribution in [0, 0.1) is 0 Å². The molecule has 2 heteroatoms. The van der Waals surface area contributed by atoms with Crippen molar-refractivity contribution >= 4 is 17.6 Å². The van der Waals surface area contributed by atoms with Gasteiger partial charge in [0.05, 0.1) is 5.56 Å². The van der Waals surface area contributed by atoms with Crippen molar-refractivity contribution in [3.63, 3.8) is 0 Å². The Kier molecular flexibility index (Phi) is 6.03. The van der Waals surface area contributed by atoms with Gasteiger partial charge in [-0.25, -0.2) is 4.79 Å². The summed E-state index contributed by atoms with van der Waals surface area (Å²) in [5.74, 6) is -0.883. The standard InChI is InChI=1S/C27H34O2/c1-6-7-8-21(17-19-9-11-20(12-10-19)25(28)29)22-13-14-23-24(18-22)27(4,5)16-15-26(23,2)3/h9-14,17-18H,6-8,15-16H2,1-5H3,(H,28,29)/b21-17+. The molecule has 0 saturated heterocycles. The van der Waals surface area contributed by atoms with Crippen LogP contribution in [0.3, 0.4) is 0 Å². The molecule has 1 aliphatic rings. The Hall–Kier alpha value is -2.35. The highest BCUT2D eigenvalue weighted by Crippen LogP contribution is 2.46. The van der Waals surface area contributed by atoms with Crippen LogP contribution in [0.4, 0.5) is 0 Å². The van der Waals surface area contributed by atoms with Crippen molar-refractivity contribution in [1.29, 1.82) is 0 Å². The third-order valence-electron chi connectivity index (χ3n) is 6.52. The van der Waals surface area contributed by atoms with E-state index in [1.807, 2.05) is 12.1 Å². The largest absolute Gasteiger partial charge is 0.478 e. The zero-order chi connectivity index (χ0) is 21.2. The lowest BCUT2D eigenvalue weighted by Crippen LogP contribution is -2.33. The first-order valence-corrected chi connectivity index (χ1v) is 10.8. The predicted octanol–water partition coefficient (Wildman–Crippen LogP) is 7.46. The molecule has 0 fully saturated rings. The first-order valence-electron chi connectivity index (χ1n) is 10.8. The topological polar surface area (TPSA) is 37.3 Å². The van der Waals surface area contributed by atoms with Crippen LogP contribution >= 0.6 is 0 Å². The highest BCUT2D eigenvalue weighted by atomic mass is 16.4. The third kappa shape index (κ3) is 4.63. The van der Waals surface area contributed by atoms with E-state index in [0.29, 0.717) is 5.56 Å².